The Hall–Kier alpha value is -3.81. The first kappa shape index (κ1) is 18.5. The number of nitrogens with one attached hydrogen (secondary N) is 1. The molecule has 8 nitrogen and oxygen atoms in total. The highest BCUT2D eigenvalue weighted by Gasteiger charge is 2.14. The summed E-state index contributed by atoms with van der Waals surface area (Å²) in [6, 6.07) is 10.9. The van der Waals surface area contributed by atoms with Gasteiger partial charge in [0.05, 0.1) is 27.5 Å². The van der Waals surface area contributed by atoms with E-state index >= 15 is 0 Å². The van der Waals surface area contributed by atoms with Crippen LogP contribution in [0, 0.1) is 6.92 Å². The number of aromatic nitrogens is 3. The summed E-state index contributed by atoms with van der Waals surface area (Å²) in [4.78, 5) is 20.7. The minimum Gasteiger partial charge on any atom is -0.497 e. The molecule has 8 heteroatoms. The summed E-state index contributed by atoms with van der Waals surface area (Å²) < 4.78 is 17.1. The van der Waals surface area contributed by atoms with Gasteiger partial charge in [-0.2, -0.15) is 9.78 Å². The van der Waals surface area contributed by atoms with Gasteiger partial charge in [-0.15, -0.1) is 0 Å². The average molecular weight is 392 g/mol. The Morgan fingerprint density at radius 3 is 2.55 bits per heavy atom. The van der Waals surface area contributed by atoms with Crippen molar-refractivity contribution in [1.29, 1.82) is 0 Å². The van der Waals surface area contributed by atoms with E-state index in [1.165, 1.54) is 4.68 Å². The molecule has 2 aromatic carbocycles. The van der Waals surface area contributed by atoms with Gasteiger partial charge >= 0.3 is 0 Å². The quantitative estimate of drug-likeness (QED) is 0.527. The maximum atomic E-state index is 13.0. The number of rotatable bonds is 5. The fraction of sp³-hybridized carbons (Fsp3) is 0.190. The molecular formula is C21H20N4O4. The standard InChI is InChI=1S/C21H20N4O4/c1-12-23-19-15-10-14(27-2)6-7-16(15)24-20(19)21(26)25(12)22-11-13-5-8-17(28-3)18(9-13)29-4/h5-11,24H,1-4H3/b22-11+. The number of hydrogen-bond donors (Lipinski definition) is 1. The summed E-state index contributed by atoms with van der Waals surface area (Å²) in [6.07, 6.45) is 1.58. The molecule has 0 atom stereocenters. The Bertz CT molecular complexity index is 1300. The molecule has 0 radical (unpaired) electrons. The van der Waals surface area contributed by atoms with Crippen LogP contribution in [-0.4, -0.2) is 42.2 Å². The first-order chi connectivity index (χ1) is 14.0. The van der Waals surface area contributed by atoms with Gasteiger partial charge in [0.15, 0.2) is 11.5 Å². The van der Waals surface area contributed by atoms with Crippen molar-refractivity contribution in [3.05, 3.63) is 58.1 Å². The smallest absolute Gasteiger partial charge is 0.298 e. The maximum absolute atomic E-state index is 13.0. The third kappa shape index (κ3) is 3.18. The number of ether oxygens (including phenoxy) is 3. The normalized spacial score (nSPS) is 11.4. The molecular weight excluding hydrogens is 372 g/mol. The van der Waals surface area contributed by atoms with Crippen LogP contribution in [0.15, 0.2) is 46.3 Å². The summed E-state index contributed by atoms with van der Waals surface area (Å²) in [5.41, 5.74) is 2.28. The zero-order chi connectivity index (χ0) is 20.5. The number of H-pyrrole nitrogens is 1. The fourth-order valence-electron chi connectivity index (χ4n) is 3.21. The van der Waals surface area contributed by atoms with Crippen molar-refractivity contribution in [2.45, 2.75) is 6.92 Å². The van der Waals surface area contributed by atoms with Crippen molar-refractivity contribution in [2.75, 3.05) is 21.3 Å². The molecule has 0 fully saturated rings. The van der Waals surface area contributed by atoms with Crippen LogP contribution in [0.1, 0.15) is 11.4 Å². The second-order valence-corrected chi connectivity index (χ2v) is 6.40. The first-order valence-electron chi connectivity index (χ1n) is 8.91. The van der Waals surface area contributed by atoms with E-state index in [1.807, 2.05) is 24.3 Å². The molecule has 0 aliphatic heterocycles. The molecule has 4 rings (SSSR count). The zero-order valence-corrected chi connectivity index (χ0v) is 16.5. The van der Waals surface area contributed by atoms with E-state index in [4.69, 9.17) is 14.2 Å². The molecule has 0 unspecified atom stereocenters. The summed E-state index contributed by atoms with van der Waals surface area (Å²) in [5, 5.41) is 5.17. The topological polar surface area (TPSA) is 90.7 Å². The van der Waals surface area contributed by atoms with Crippen LogP contribution in [0.5, 0.6) is 17.2 Å². The number of nitrogens with zero attached hydrogens (tertiary/aromatic N) is 3. The summed E-state index contributed by atoms with van der Waals surface area (Å²) in [6.45, 7) is 1.74. The molecule has 0 aliphatic carbocycles. The summed E-state index contributed by atoms with van der Waals surface area (Å²) >= 11 is 0. The van der Waals surface area contributed by atoms with Crippen molar-refractivity contribution in [1.82, 2.24) is 14.6 Å². The van der Waals surface area contributed by atoms with E-state index in [0.717, 1.165) is 16.5 Å². The lowest BCUT2D eigenvalue weighted by molar-refractivity contribution is 0.355. The Kier molecular flexibility index (Phi) is 4.67. The largest absolute Gasteiger partial charge is 0.497 e. The van der Waals surface area contributed by atoms with Crippen LogP contribution in [0.4, 0.5) is 0 Å². The molecule has 0 saturated heterocycles. The van der Waals surface area contributed by atoms with Gasteiger partial charge in [-0.05, 0) is 48.9 Å². The second-order valence-electron chi connectivity index (χ2n) is 6.40. The summed E-state index contributed by atoms with van der Waals surface area (Å²) in [5.74, 6) is 2.38. The minimum atomic E-state index is -0.278. The minimum absolute atomic E-state index is 0.278. The van der Waals surface area contributed by atoms with Crippen molar-refractivity contribution in [3.8, 4) is 17.2 Å². The highest BCUT2D eigenvalue weighted by Crippen LogP contribution is 2.27. The van der Waals surface area contributed by atoms with Crippen LogP contribution in [0.2, 0.25) is 0 Å². The summed E-state index contributed by atoms with van der Waals surface area (Å²) in [7, 11) is 4.74. The van der Waals surface area contributed by atoms with E-state index in [9.17, 15) is 4.79 Å². The number of fused-ring (bicyclic) bond motifs is 3. The van der Waals surface area contributed by atoms with Gasteiger partial charge in [0, 0.05) is 10.9 Å². The van der Waals surface area contributed by atoms with Crippen LogP contribution in [0.25, 0.3) is 21.9 Å². The van der Waals surface area contributed by atoms with Gasteiger partial charge in [0.2, 0.25) is 0 Å². The van der Waals surface area contributed by atoms with Gasteiger partial charge in [-0.3, -0.25) is 4.79 Å². The van der Waals surface area contributed by atoms with Crippen LogP contribution >= 0.6 is 0 Å². The van der Waals surface area contributed by atoms with Gasteiger partial charge in [-0.25, -0.2) is 4.98 Å². The van der Waals surface area contributed by atoms with E-state index in [1.54, 1.807) is 46.6 Å². The lowest BCUT2D eigenvalue weighted by Crippen LogP contribution is -2.20. The zero-order valence-electron chi connectivity index (χ0n) is 16.5. The Morgan fingerprint density at radius 1 is 1.03 bits per heavy atom. The predicted octanol–water partition coefficient (Wildman–Crippen LogP) is 3.09. The highest BCUT2D eigenvalue weighted by molar-refractivity contribution is 6.05. The predicted molar refractivity (Wildman–Crippen MR) is 112 cm³/mol. The highest BCUT2D eigenvalue weighted by atomic mass is 16.5. The Balaban J connectivity index is 1.81. The van der Waals surface area contributed by atoms with Crippen LogP contribution in [0.3, 0.4) is 0 Å². The molecule has 148 valence electrons. The molecule has 4 aromatic rings. The lowest BCUT2D eigenvalue weighted by atomic mass is 10.2. The molecule has 0 aliphatic rings. The third-order valence-electron chi connectivity index (χ3n) is 4.69. The van der Waals surface area contributed by atoms with Crippen LogP contribution < -0.4 is 19.8 Å². The van der Waals surface area contributed by atoms with Gasteiger partial charge < -0.3 is 19.2 Å². The maximum Gasteiger partial charge on any atom is 0.298 e. The number of hydrogen-bond acceptors (Lipinski definition) is 6. The monoisotopic (exact) mass is 392 g/mol. The molecule has 0 bridgehead atoms. The number of benzene rings is 2. The van der Waals surface area contributed by atoms with E-state index in [0.29, 0.717) is 34.1 Å². The molecule has 2 heterocycles. The lowest BCUT2D eigenvalue weighted by Gasteiger charge is -2.07. The van der Waals surface area contributed by atoms with Gasteiger partial charge in [0.25, 0.3) is 5.56 Å². The van der Waals surface area contributed by atoms with E-state index in [-0.39, 0.29) is 5.56 Å². The van der Waals surface area contributed by atoms with Crippen LogP contribution in [-0.2, 0) is 0 Å². The average Bonchev–Trinajstić information content (AvgIpc) is 3.11. The fourth-order valence-corrected chi connectivity index (χ4v) is 3.21. The molecule has 29 heavy (non-hydrogen) atoms. The Morgan fingerprint density at radius 2 is 1.83 bits per heavy atom. The van der Waals surface area contributed by atoms with Crippen molar-refractivity contribution < 1.29 is 14.2 Å². The molecule has 0 spiro atoms. The van der Waals surface area contributed by atoms with Crippen molar-refractivity contribution >= 4 is 28.2 Å². The third-order valence-corrected chi connectivity index (χ3v) is 4.69. The molecule has 2 aromatic heterocycles. The first-order valence-corrected chi connectivity index (χ1v) is 8.91. The number of aryl methyl sites for hydroxylation is 1. The van der Waals surface area contributed by atoms with Crippen molar-refractivity contribution in [2.24, 2.45) is 5.10 Å². The van der Waals surface area contributed by atoms with Gasteiger partial charge in [0.1, 0.15) is 22.6 Å². The van der Waals surface area contributed by atoms with E-state index < -0.39 is 0 Å². The SMILES string of the molecule is COc1ccc2[nH]c3c(=O)n(/N=C/c4ccc(OC)c(OC)c4)c(C)nc3c2c1. The van der Waals surface area contributed by atoms with Gasteiger partial charge in [-0.1, -0.05) is 0 Å². The molecule has 1 N–H and O–H groups in total. The van der Waals surface area contributed by atoms with Crippen molar-refractivity contribution in [3.63, 3.8) is 0 Å². The second kappa shape index (κ2) is 7.31. The molecule has 0 amide bonds. The van der Waals surface area contributed by atoms with E-state index in [2.05, 4.69) is 15.1 Å². The number of aromatic amines is 1. The molecule has 0 saturated carbocycles. The number of methoxy groups -OCH3 is 3. The Labute approximate surface area is 166 Å².